The van der Waals surface area contributed by atoms with Crippen LogP contribution >= 0.6 is 0 Å². The van der Waals surface area contributed by atoms with Crippen LogP contribution < -0.4 is 9.64 Å². The minimum atomic E-state index is 0.206. The van der Waals surface area contributed by atoms with Crippen LogP contribution in [0.15, 0.2) is 30.5 Å². The molecule has 1 unspecified atom stereocenters. The van der Waals surface area contributed by atoms with Gasteiger partial charge in [0.1, 0.15) is 5.75 Å². The summed E-state index contributed by atoms with van der Waals surface area (Å²) >= 11 is 0. The third-order valence-electron chi connectivity index (χ3n) is 5.05. The first kappa shape index (κ1) is 19.1. The molecule has 1 aromatic carbocycles. The van der Waals surface area contributed by atoms with Crippen molar-refractivity contribution in [2.75, 3.05) is 39.2 Å². The van der Waals surface area contributed by atoms with E-state index in [9.17, 15) is 4.79 Å². The number of carbonyl (C=O) groups excluding carboxylic acids is 1. The average Bonchev–Trinajstić information content (AvgIpc) is 2.72. The van der Waals surface area contributed by atoms with Crippen molar-refractivity contribution in [1.29, 1.82) is 0 Å². The summed E-state index contributed by atoms with van der Waals surface area (Å²) in [5.41, 5.74) is 3.06. The molecule has 2 heterocycles. The van der Waals surface area contributed by atoms with Gasteiger partial charge >= 0.3 is 0 Å². The van der Waals surface area contributed by atoms with Gasteiger partial charge in [-0.25, -0.2) is 9.97 Å². The number of hydrogen-bond donors (Lipinski definition) is 0. The van der Waals surface area contributed by atoms with Crippen molar-refractivity contribution in [3.63, 3.8) is 0 Å². The Kier molecular flexibility index (Phi) is 5.94. The normalized spacial score (nSPS) is 16.9. The Bertz CT molecular complexity index is 807. The summed E-state index contributed by atoms with van der Waals surface area (Å²) < 4.78 is 5.38. The Hall–Kier alpha value is -2.63. The van der Waals surface area contributed by atoms with Gasteiger partial charge in [0.25, 0.3) is 0 Å². The Morgan fingerprint density at radius 1 is 1.37 bits per heavy atom. The first-order valence-electron chi connectivity index (χ1n) is 9.50. The maximum absolute atomic E-state index is 12.2. The van der Waals surface area contributed by atoms with Crippen LogP contribution in [0.3, 0.4) is 0 Å². The lowest BCUT2D eigenvalue weighted by molar-refractivity contribution is -0.132. The fourth-order valence-corrected chi connectivity index (χ4v) is 3.58. The number of methoxy groups -OCH3 is 1. The molecular weight excluding hydrogens is 340 g/mol. The first-order valence-corrected chi connectivity index (χ1v) is 9.50. The number of piperidine rings is 1. The second-order valence-corrected chi connectivity index (χ2v) is 7.13. The topological polar surface area (TPSA) is 58.6 Å². The lowest BCUT2D eigenvalue weighted by atomic mass is 9.89. The van der Waals surface area contributed by atoms with Gasteiger partial charge in [0, 0.05) is 51.3 Å². The van der Waals surface area contributed by atoms with Gasteiger partial charge in [-0.05, 0) is 30.5 Å². The summed E-state index contributed by atoms with van der Waals surface area (Å²) in [5.74, 6) is 1.92. The molecule has 0 saturated carbocycles. The summed E-state index contributed by atoms with van der Waals surface area (Å²) in [4.78, 5) is 25.5. The van der Waals surface area contributed by atoms with Crippen molar-refractivity contribution < 1.29 is 9.53 Å². The van der Waals surface area contributed by atoms with Crippen LogP contribution in [0.4, 0.5) is 5.95 Å². The second kappa shape index (κ2) is 8.37. The second-order valence-electron chi connectivity index (χ2n) is 7.13. The highest BCUT2D eigenvalue weighted by Crippen LogP contribution is 2.35. The standard InChI is InChI=1S/C21H28N4O2/c1-5-19(26)25-11-7-9-16(14-25)20-18(13-22-21(23-20)24(2)3)15-8-6-10-17(12-15)27-4/h6,8,10,12-13,16H,5,7,9,11,14H2,1-4H3. The zero-order chi connectivity index (χ0) is 19.4. The van der Waals surface area contributed by atoms with Gasteiger partial charge < -0.3 is 14.5 Å². The quantitative estimate of drug-likeness (QED) is 0.810. The van der Waals surface area contributed by atoms with E-state index in [2.05, 4.69) is 11.1 Å². The van der Waals surface area contributed by atoms with E-state index in [1.165, 1.54) is 0 Å². The molecule has 1 aliphatic heterocycles. The number of nitrogens with zero attached hydrogens (tertiary/aromatic N) is 4. The van der Waals surface area contributed by atoms with Gasteiger partial charge in [-0.2, -0.15) is 0 Å². The molecule has 1 fully saturated rings. The monoisotopic (exact) mass is 368 g/mol. The molecule has 1 saturated heterocycles. The van der Waals surface area contributed by atoms with E-state index in [-0.39, 0.29) is 11.8 Å². The van der Waals surface area contributed by atoms with Crippen molar-refractivity contribution >= 4 is 11.9 Å². The van der Waals surface area contributed by atoms with Gasteiger partial charge in [0.05, 0.1) is 12.8 Å². The highest BCUT2D eigenvalue weighted by atomic mass is 16.5. The summed E-state index contributed by atoms with van der Waals surface area (Å²) in [6.07, 6.45) is 4.46. The lowest BCUT2D eigenvalue weighted by Crippen LogP contribution is -2.39. The van der Waals surface area contributed by atoms with E-state index in [1.54, 1.807) is 7.11 Å². The van der Waals surface area contributed by atoms with Gasteiger partial charge in [0.2, 0.25) is 11.9 Å². The number of hydrogen-bond acceptors (Lipinski definition) is 5. The molecule has 144 valence electrons. The number of ether oxygens (including phenoxy) is 1. The molecule has 0 aliphatic carbocycles. The predicted octanol–water partition coefficient (Wildman–Crippen LogP) is 3.33. The van der Waals surface area contributed by atoms with Crippen molar-refractivity contribution in [2.45, 2.75) is 32.1 Å². The number of amides is 1. The summed E-state index contributed by atoms with van der Waals surface area (Å²) in [5, 5.41) is 0. The van der Waals surface area contributed by atoms with E-state index in [1.807, 2.05) is 55.2 Å². The molecule has 0 spiro atoms. The molecule has 2 aromatic rings. The molecule has 3 rings (SSSR count). The maximum atomic E-state index is 12.2. The van der Waals surface area contributed by atoms with E-state index in [0.29, 0.717) is 18.9 Å². The van der Waals surface area contributed by atoms with Crippen LogP contribution in [0.25, 0.3) is 11.1 Å². The highest BCUT2D eigenvalue weighted by molar-refractivity contribution is 5.76. The van der Waals surface area contributed by atoms with Crippen molar-refractivity contribution in [2.24, 2.45) is 0 Å². The summed E-state index contributed by atoms with van der Waals surface area (Å²) in [6, 6.07) is 7.97. The summed E-state index contributed by atoms with van der Waals surface area (Å²) in [7, 11) is 5.55. The molecule has 0 radical (unpaired) electrons. The Labute approximate surface area is 161 Å². The molecule has 0 bridgehead atoms. The SMILES string of the molecule is CCC(=O)N1CCCC(c2nc(N(C)C)ncc2-c2cccc(OC)c2)C1. The zero-order valence-electron chi connectivity index (χ0n) is 16.6. The minimum Gasteiger partial charge on any atom is -0.497 e. The van der Waals surface area contributed by atoms with Gasteiger partial charge in [-0.3, -0.25) is 4.79 Å². The van der Waals surface area contributed by atoms with Crippen LogP contribution in [0.5, 0.6) is 5.75 Å². The number of rotatable bonds is 5. The first-order chi connectivity index (χ1) is 13.0. The summed E-state index contributed by atoms with van der Waals surface area (Å²) in [6.45, 7) is 3.47. The lowest BCUT2D eigenvalue weighted by Gasteiger charge is -2.33. The van der Waals surface area contributed by atoms with Crippen LogP contribution in [-0.2, 0) is 4.79 Å². The largest absolute Gasteiger partial charge is 0.497 e. The fraction of sp³-hybridized carbons (Fsp3) is 0.476. The molecule has 27 heavy (non-hydrogen) atoms. The van der Waals surface area contributed by atoms with Gasteiger partial charge in [0.15, 0.2) is 0 Å². The maximum Gasteiger partial charge on any atom is 0.225 e. The highest BCUT2D eigenvalue weighted by Gasteiger charge is 2.27. The average molecular weight is 368 g/mol. The fourth-order valence-electron chi connectivity index (χ4n) is 3.58. The van der Waals surface area contributed by atoms with E-state index in [0.717, 1.165) is 42.0 Å². The van der Waals surface area contributed by atoms with Gasteiger partial charge in [-0.1, -0.05) is 19.1 Å². The number of aromatic nitrogens is 2. The predicted molar refractivity (Wildman–Crippen MR) is 107 cm³/mol. The number of carbonyl (C=O) groups is 1. The van der Waals surface area contributed by atoms with Crippen molar-refractivity contribution in [3.05, 3.63) is 36.2 Å². The minimum absolute atomic E-state index is 0.206. The number of likely N-dealkylation sites (tertiary alicyclic amines) is 1. The van der Waals surface area contributed by atoms with Crippen LogP contribution in [0.2, 0.25) is 0 Å². The molecule has 6 nitrogen and oxygen atoms in total. The van der Waals surface area contributed by atoms with Crippen LogP contribution in [0, 0.1) is 0 Å². The molecule has 1 aliphatic rings. The Morgan fingerprint density at radius 3 is 2.89 bits per heavy atom. The molecule has 1 aromatic heterocycles. The smallest absolute Gasteiger partial charge is 0.225 e. The Morgan fingerprint density at radius 2 is 2.19 bits per heavy atom. The molecule has 0 N–H and O–H groups in total. The zero-order valence-corrected chi connectivity index (χ0v) is 16.6. The van der Waals surface area contributed by atoms with Gasteiger partial charge in [-0.15, -0.1) is 0 Å². The molecule has 1 amide bonds. The molecule has 6 heteroatoms. The van der Waals surface area contributed by atoms with Crippen molar-refractivity contribution in [1.82, 2.24) is 14.9 Å². The molecule has 1 atom stereocenters. The number of anilines is 1. The van der Waals surface area contributed by atoms with Crippen LogP contribution in [0.1, 0.15) is 37.8 Å². The van der Waals surface area contributed by atoms with E-state index >= 15 is 0 Å². The van der Waals surface area contributed by atoms with Crippen LogP contribution in [-0.4, -0.2) is 55.1 Å². The van der Waals surface area contributed by atoms with E-state index in [4.69, 9.17) is 9.72 Å². The van der Waals surface area contributed by atoms with Crippen molar-refractivity contribution in [3.8, 4) is 16.9 Å². The third kappa shape index (κ3) is 4.21. The third-order valence-corrected chi connectivity index (χ3v) is 5.05. The number of benzene rings is 1. The Balaban J connectivity index is 2.03. The molecular formula is C21H28N4O2. The van der Waals surface area contributed by atoms with E-state index < -0.39 is 0 Å².